The van der Waals surface area contributed by atoms with Crippen molar-refractivity contribution in [3.63, 3.8) is 0 Å². The summed E-state index contributed by atoms with van der Waals surface area (Å²) in [6, 6.07) is 0. The third-order valence-electron chi connectivity index (χ3n) is 2.20. The SMILES string of the molecule is C=CCN1CC(=O)CC1(C)C. The molecular formula is C9H15NO. The summed E-state index contributed by atoms with van der Waals surface area (Å²) in [5.74, 6) is 0.344. The van der Waals surface area contributed by atoms with Crippen LogP contribution in [0.3, 0.4) is 0 Å². The molecule has 1 saturated heterocycles. The Morgan fingerprint density at radius 1 is 1.73 bits per heavy atom. The van der Waals surface area contributed by atoms with Crippen molar-refractivity contribution >= 4 is 5.78 Å². The first-order valence-electron chi connectivity index (χ1n) is 3.94. The van der Waals surface area contributed by atoms with Gasteiger partial charge >= 0.3 is 0 Å². The molecule has 2 nitrogen and oxygen atoms in total. The van der Waals surface area contributed by atoms with E-state index in [0.717, 1.165) is 6.54 Å². The summed E-state index contributed by atoms with van der Waals surface area (Å²) in [5.41, 5.74) is 0.0469. The van der Waals surface area contributed by atoms with Crippen molar-refractivity contribution < 1.29 is 4.79 Å². The third-order valence-corrected chi connectivity index (χ3v) is 2.20. The second-order valence-corrected chi connectivity index (χ2v) is 3.70. The minimum atomic E-state index is 0.0469. The molecule has 0 aromatic heterocycles. The van der Waals surface area contributed by atoms with Gasteiger partial charge in [-0.05, 0) is 13.8 Å². The van der Waals surface area contributed by atoms with Gasteiger partial charge in [-0.25, -0.2) is 0 Å². The number of hydrogen-bond donors (Lipinski definition) is 0. The van der Waals surface area contributed by atoms with Crippen molar-refractivity contribution in [1.82, 2.24) is 4.90 Å². The van der Waals surface area contributed by atoms with Crippen LogP contribution in [0.5, 0.6) is 0 Å². The standard InChI is InChI=1S/C9H15NO/c1-4-5-10-7-8(11)6-9(10,2)3/h4H,1,5-7H2,2-3H3. The third kappa shape index (κ3) is 1.69. The van der Waals surface area contributed by atoms with Gasteiger partial charge in [0.15, 0.2) is 0 Å². The van der Waals surface area contributed by atoms with Crippen molar-refractivity contribution in [3.05, 3.63) is 12.7 Å². The Morgan fingerprint density at radius 3 is 2.73 bits per heavy atom. The largest absolute Gasteiger partial charge is 0.298 e. The first-order valence-corrected chi connectivity index (χ1v) is 3.94. The number of ketones is 1. The molecule has 0 unspecified atom stereocenters. The molecule has 0 aromatic carbocycles. The molecule has 0 spiro atoms. The molecule has 11 heavy (non-hydrogen) atoms. The van der Waals surface area contributed by atoms with Crippen LogP contribution in [0.15, 0.2) is 12.7 Å². The maximum Gasteiger partial charge on any atom is 0.148 e. The monoisotopic (exact) mass is 153 g/mol. The minimum absolute atomic E-state index is 0.0469. The van der Waals surface area contributed by atoms with E-state index in [-0.39, 0.29) is 5.54 Å². The van der Waals surface area contributed by atoms with E-state index in [0.29, 0.717) is 18.7 Å². The summed E-state index contributed by atoms with van der Waals surface area (Å²) in [4.78, 5) is 13.2. The van der Waals surface area contributed by atoms with E-state index in [1.807, 2.05) is 6.08 Å². The second-order valence-electron chi connectivity index (χ2n) is 3.70. The van der Waals surface area contributed by atoms with Gasteiger partial charge in [0.25, 0.3) is 0 Å². The lowest BCUT2D eigenvalue weighted by atomic mass is 10.0. The summed E-state index contributed by atoms with van der Waals surface area (Å²) in [6.45, 7) is 9.27. The molecule has 0 saturated carbocycles. The molecule has 1 heterocycles. The molecule has 1 rings (SSSR count). The number of carbonyl (C=O) groups is 1. The quantitative estimate of drug-likeness (QED) is 0.556. The molecule has 2 heteroatoms. The highest BCUT2D eigenvalue weighted by atomic mass is 16.1. The molecule has 62 valence electrons. The van der Waals surface area contributed by atoms with E-state index >= 15 is 0 Å². The first kappa shape index (κ1) is 8.47. The van der Waals surface area contributed by atoms with Crippen molar-refractivity contribution in [1.29, 1.82) is 0 Å². The molecule has 0 aliphatic carbocycles. The Morgan fingerprint density at radius 2 is 2.36 bits per heavy atom. The van der Waals surface area contributed by atoms with E-state index in [2.05, 4.69) is 25.3 Å². The van der Waals surface area contributed by atoms with Crippen LogP contribution in [0.1, 0.15) is 20.3 Å². The highest BCUT2D eigenvalue weighted by molar-refractivity contribution is 5.84. The van der Waals surface area contributed by atoms with Crippen molar-refractivity contribution in [2.45, 2.75) is 25.8 Å². The van der Waals surface area contributed by atoms with Crippen LogP contribution in [-0.4, -0.2) is 29.3 Å². The van der Waals surface area contributed by atoms with Gasteiger partial charge in [-0.2, -0.15) is 0 Å². The topological polar surface area (TPSA) is 20.3 Å². The van der Waals surface area contributed by atoms with Gasteiger partial charge in [0.05, 0.1) is 6.54 Å². The lowest BCUT2D eigenvalue weighted by Crippen LogP contribution is -2.37. The number of Topliss-reactive ketones (excluding diaryl/α,β-unsaturated/α-hetero) is 1. The van der Waals surface area contributed by atoms with Crippen LogP contribution in [0.2, 0.25) is 0 Å². The average molecular weight is 153 g/mol. The summed E-state index contributed by atoms with van der Waals surface area (Å²) < 4.78 is 0. The minimum Gasteiger partial charge on any atom is -0.298 e. The van der Waals surface area contributed by atoms with Crippen LogP contribution >= 0.6 is 0 Å². The average Bonchev–Trinajstić information content (AvgIpc) is 2.07. The van der Waals surface area contributed by atoms with Gasteiger partial charge in [0.1, 0.15) is 5.78 Å². The van der Waals surface area contributed by atoms with Crippen LogP contribution in [-0.2, 0) is 4.79 Å². The Labute approximate surface area is 67.9 Å². The Balaban J connectivity index is 2.65. The smallest absolute Gasteiger partial charge is 0.148 e. The van der Waals surface area contributed by atoms with Gasteiger partial charge in [-0.3, -0.25) is 9.69 Å². The fraction of sp³-hybridized carbons (Fsp3) is 0.667. The summed E-state index contributed by atoms with van der Waals surface area (Å²) in [6.07, 6.45) is 2.53. The maximum atomic E-state index is 11.1. The van der Waals surface area contributed by atoms with Crippen LogP contribution in [0.4, 0.5) is 0 Å². The van der Waals surface area contributed by atoms with Crippen molar-refractivity contribution in [3.8, 4) is 0 Å². The van der Waals surface area contributed by atoms with E-state index < -0.39 is 0 Å². The zero-order chi connectivity index (χ0) is 8.48. The normalized spacial score (nSPS) is 24.0. The number of carbonyl (C=O) groups excluding carboxylic acids is 1. The lowest BCUT2D eigenvalue weighted by Gasteiger charge is -2.28. The molecule has 0 N–H and O–H groups in total. The Hall–Kier alpha value is -0.630. The predicted molar refractivity (Wildman–Crippen MR) is 45.5 cm³/mol. The summed E-state index contributed by atoms with van der Waals surface area (Å²) in [7, 11) is 0. The van der Waals surface area contributed by atoms with Gasteiger partial charge in [-0.15, -0.1) is 6.58 Å². The number of hydrogen-bond acceptors (Lipinski definition) is 2. The lowest BCUT2D eigenvalue weighted by molar-refractivity contribution is -0.116. The highest BCUT2D eigenvalue weighted by Crippen LogP contribution is 2.25. The first-order chi connectivity index (χ1) is 5.06. The molecule has 1 fully saturated rings. The van der Waals surface area contributed by atoms with Gasteiger partial charge in [0.2, 0.25) is 0 Å². The Bertz CT molecular complexity index is 184. The molecule has 0 aromatic rings. The van der Waals surface area contributed by atoms with Crippen molar-refractivity contribution in [2.75, 3.05) is 13.1 Å². The molecule has 0 atom stereocenters. The molecule has 0 amide bonds. The van der Waals surface area contributed by atoms with E-state index in [4.69, 9.17) is 0 Å². The van der Waals surface area contributed by atoms with E-state index in [9.17, 15) is 4.79 Å². The Kier molecular flexibility index (Phi) is 2.14. The maximum absolute atomic E-state index is 11.1. The highest BCUT2D eigenvalue weighted by Gasteiger charge is 2.35. The molecule has 0 bridgehead atoms. The summed E-state index contributed by atoms with van der Waals surface area (Å²) >= 11 is 0. The van der Waals surface area contributed by atoms with Crippen LogP contribution in [0.25, 0.3) is 0 Å². The molecule has 0 radical (unpaired) electrons. The predicted octanol–water partition coefficient (Wildman–Crippen LogP) is 1.23. The van der Waals surface area contributed by atoms with Gasteiger partial charge < -0.3 is 0 Å². The van der Waals surface area contributed by atoms with Crippen LogP contribution < -0.4 is 0 Å². The zero-order valence-electron chi connectivity index (χ0n) is 7.26. The van der Waals surface area contributed by atoms with Crippen molar-refractivity contribution in [2.24, 2.45) is 0 Å². The van der Waals surface area contributed by atoms with Gasteiger partial charge in [0, 0.05) is 18.5 Å². The molecule has 1 aliphatic heterocycles. The number of likely N-dealkylation sites (tertiary alicyclic amines) is 1. The van der Waals surface area contributed by atoms with Gasteiger partial charge in [-0.1, -0.05) is 6.08 Å². The fourth-order valence-corrected chi connectivity index (χ4v) is 1.54. The van der Waals surface area contributed by atoms with E-state index in [1.54, 1.807) is 0 Å². The summed E-state index contributed by atoms with van der Waals surface area (Å²) in [5, 5.41) is 0. The molecule has 1 aliphatic rings. The number of rotatable bonds is 2. The second kappa shape index (κ2) is 2.78. The molecular weight excluding hydrogens is 138 g/mol. The fourth-order valence-electron chi connectivity index (χ4n) is 1.54. The van der Waals surface area contributed by atoms with E-state index in [1.165, 1.54) is 0 Å². The number of nitrogens with zero attached hydrogens (tertiary/aromatic N) is 1. The zero-order valence-corrected chi connectivity index (χ0v) is 7.26. The van der Waals surface area contributed by atoms with Crippen LogP contribution in [0, 0.1) is 0 Å².